The molecule has 0 aromatic carbocycles. The van der Waals surface area contributed by atoms with E-state index in [1.54, 1.807) is 0 Å². The average molecular weight is 238 g/mol. The zero-order chi connectivity index (χ0) is 10.1. The van der Waals surface area contributed by atoms with Gasteiger partial charge in [0.25, 0.3) is 0 Å². The van der Waals surface area contributed by atoms with Crippen LogP contribution >= 0.6 is 35.3 Å². The lowest BCUT2D eigenvalue weighted by atomic mass is 10.5. The van der Waals surface area contributed by atoms with Gasteiger partial charge in [-0.05, 0) is 11.5 Å². The summed E-state index contributed by atoms with van der Waals surface area (Å²) < 4.78 is 0. The van der Waals surface area contributed by atoms with Crippen molar-refractivity contribution >= 4 is 35.3 Å². The molecule has 0 aromatic rings. The van der Waals surface area contributed by atoms with Gasteiger partial charge in [0.05, 0.1) is 0 Å². The summed E-state index contributed by atoms with van der Waals surface area (Å²) in [5.74, 6) is 5.13. The van der Waals surface area contributed by atoms with Crippen LogP contribution in [0.2, 0.25) is 0 Å². The molecule has 0 aliphatic carbocycles. The average Bonchev–Trinajstić information content (AvgIpc) is 2.05. The second-order valence-electron chi connectivity index (χ2n) is 3.07. The summed E-state index contributed by atoms with van der Waals surface area (Å²) >= 11 is 6.24. The molecule has 0 fully saturated rings. The van der Waals surface area contributed by atoms with Crippen molar-refractivity contribution < 1.29 is 0 Å². The van der Waals surface area contributed by atoms with Gasteiger partial charge in [0.15, 0.2) is 0 Å². The predicted octanol–water partition coefficient (Wildman–Crippen LogP) is 4.00. The SMILES string of the molecule is CCS[C@@H](C)CSC[C@H](C)SCC. The second kappa shape index (κ2) is 9.60. The molecule has 0 saturated heterocycles. The maximum atomic E-state index is 2.33. The van der Waals surface area contributed by atoms with Crippen molar-refractivity contribution in [3.8, 4) is 0 Å². The minimum absolute atomic E-state index is 0.828. The van der Waals surface area contributed by atoms with Gasteiger partial charge in [-0.3, -0.25) is 0 Å². The van der Waals surface area contributed by atoms with E-state index in [2.05, 4.69) is 63.0 Å². The van der Waals surface area contributed by atoms with Crippen molar-refractivity contribution in [2.45, 2.75) is 38.2 Å². The van der Waals surface area contributed by atoms with E-state index >= 15 is 0 Å². The standard InChI is InChI=1S/C10H22S3/c1-5-12-9(3)7-11-8-10(4)13-6-2/h9-10H,5-8H2,1-4H3/t9-,10-/m0/s1. The van der Waals surface area contributed by atoms with E-state index in [-0.39, 0.29) is 0 Å². The zero-order valence-corrected chi connectivity index (χ0v) is 11.7. The van der Waals surface area contributed by atoms with Crippen molar-refractivity contribution in [3.05, 3.63) is 0 Å². The highest BCUT2D eigenvalue weighted by molar-refractivity contribution is 8.04. The molecule has 0 amide bonds. The largest absolute Gasteiger partial charge is 0.160 e. The van der Waals surface area contributed by atoms with E-state index < -0.39 is 0 Å². The molecule has 0 aliphatic heterocycles. The van der Waals surface area contributed by atoms with E-state index in [0.717, 1.165) is 10.5 Å². The lowest BCUT2D eigenvalue weighted by Gasteiger charge is -2.12. The minimum atomic E-state index is 0.828. The van der Waals surface area contributed by atoms with Gasteiger partial charge in [-0.15, -0.1) is 0 Å². The summed E-state index contributed by atoms with van der Waals surface area (Å²) in [7, 11) is 0. The first-order chi connectivity index (χ1) is 6.20. The summed E-state index contributed by atoms with van der Waals surface area (Å²) in [5, 5.41) is 1.66. The van der Waals surface area contributed by atoms with Crippen LogP contribution in [0.15, 0.2) is 0 Å². The summed E-state index contributed by atoms with van der Waals surface area (Å²) in [6, 6.07) is 0. The van der Waals surface area contributed by atoms with Crippen molar-refractivity contribution in [1.29, 1.82) is 0 Å². The van der Waals surface area contributed by atoms with Crippen molar-refractivity contribution in [3.63, 3.8) is 0 Å². The molecule has 0 spiro atoms. The van der Waals surface area contributed by atoms with Crippen LogP contribution in [-0.4, -0.2) is 33.5 Å². The fourth-order valence-electron chi connectivity index (χ4n) is 1.07. The Labute approximate surface area is 96.4 Å². The monoisotopic (exact) mass is 238 g/mol. The maximum Gasteiger partial charge on any atom is 0.0109 e. The Kier molecular flexibility index (Phi) is 10.4. The number of rotatable bonds is 8. The van der Waals surface area contributed by atoms with E-state index in [4.69, 9.17) is 0 Å². The van der Waals surface area contributed by atoms with Gasteiger partial charge in [0.1, 0.15) is 0 Å². The van der Waals surface area contributed by atoms with Gasteiger partial charge >= 0.3 is 0 Å². The molecule has 0 N–H and O–H groups in total. The van der Waals surface area contributed by atoms with Gasteiger partial charge in [-0.2, -0.15) is 35.3 Å². The van der Waals surface area contributed by atoms with Gasteiger partial charge in [-0.25, -0.2) is 0 Å². The smallest absolute Gasteiger partial charge is 0.0109 e. The highest BCUT2D eigenvalue weighted by Crippen LogP contribution is 2.20. The molecule has 3 heteroatoms. The Balaban J connectivity index is 3.23. The zero-order valence-electron chi connectivity index (χ0n) is 9.21. The maximum absolute atomic E-state index is 2.33. The molecule has 0 aromatic heterocycles. The van der Waals surface area contributed by atoms with Crippen LogP contribution in [0.3, 0.4) is 0 Å². The number of hydrogen-bond donors (Lipinski definition) is 0. The molecule has 80 valence electrons. The highest BCUT2D eigenvalue weighted by atomic mass is 32.2. The quantitative estimate of drug-likeness (QED) is 0.627. The lowest BCUT2D eigenvalue weighted by molar-refractivity contribution is 1.10. The first kappa shape index (κ1) is 14.1. The van der Waals surface area contributed by atoms with Gasteiger partial charge < -0.3 is 0 Å². The Hall–Kier alpha value is 1.05. The highest BCUT2D eigenvalue weighted by Gasteiger charge is 2.04. The van der Waals surface area contributed by atoms with E-state index in [1.807, 2.05) is 0 Å². The van der Waals surface area contributed by atoms with E-state index in [0.29, 0.717) is 0 Å². The topological polar surface area (TPSA) is 0 Å². The normalized spacial score (nSPS) is 15.7. The van der Waals surface area contributed by atoms with Gasteiger partial charge in [0, 0.05) is 22.0 Å². The van der Waals surface area contributed by atoms with Crippen LogP contribution in [0.25, 0.3) is 0 Å². The number of thioether (sulfide) groups is 3. The molecule has 0 nitrogen and oxygen atoms in total. The fraction of sp³-hybridized carbons (Fsp3) is 1.00. The molecule has 0 rings (SSSR count). The van der Waals surface area contributed by atoms with E-state index in [9.17, 15) is 0 Å². The van der Waals surface area contributed by atoms with E-state index in [1.165, 1.54) is 23.0 Å². The van der Waals surface area contributed by atoms with Crippen LogP contribution in [0.4, 0.5) is 0 Å². The van der Waals surface area contributed by atoms with Crippen molar-refractivity contribution in [2.75, 3.05) is 23.0 Å². The lowest BCUT2D eigenvalue weighted by Crippen LogP contribution is -2.06. The molecule has 0 unspecified atom stereocenters. The van der Waals surface area contributed by atoms with Crippen LogP contribution in [0, 0.1) is 0 Å². The minimum Gasteiger partial charge on any atom is -0.160 e. The molecule has 13 heavy (non-hydrogen) atoms. The van der Waals surface area contributed by atoms with Crippen LogP contribution in [0.5, 0.6) is 0 Å². The molecule has 0 radical (unpaired) electrons. The fourth-order valence-corrected chi connectivity index (χ4v) is 4.35. The Morgan fingerprint density at radius 1 is 0.846 bits per heavy atom. The molecule has 0 bridgehead atoms. The Morgan fingerprint density at radius 2 is 1.23 bits per heavy atom. The first-order valence-corrected chi connectivity index (χ1v) is 8.26. The van der Waals surface area contributed by atoms with Gasteiger partial charge in [-0.1, -0.05) is 27.7 Å². The first-order valence-electron chi connectivity index (χ1n) is 5.01. The van der Waals surface area contributed by atoms with Crippen LogP contribution < -0.4 is 0 Å². The third-order valence-corrected chi connectivity index (χ3v) is 5.64. The van der Waals surface area contributed by atoms with Crippen LogP contribution in [0.1, 0.15) is 27.7 Å². The van der Waals surface area contributed by atoms with Crippen molar-refractivity contribution in [1.82, 2.24) is 0 Å². The Bertz CT molecular complexity index is 94.3. The summed E-state index contributed by atoms with van der Waals surface area (Å²) in [4.78, 5) is 0. The molecule has 0 aliphatic rings. The molecular weight excluding hydrogens is 216 g/mol. The second-order valence-corrected chi connectivity index (χ2v) is 7.58. The molecule has 0 saturated carbocycles. The summed E-state index contributed by atoms with van der Waals surface area (Å²) in [5.41, 5.74) is 0. The molecule has 0 heterocycles. The van der Waals surface area contributed by atoms with Gasteiger partial charge in [0.2, 0.25) is 0 Å². The third kappa shape index (κ3) is 9.36. The number of hydrogen-bond acceptors (Lipinski definition) is 3. The van der Waals surface area contributed by atoms with Crippen molar-refractivity contribution in [2.24, 2.45) is 0 Å². The summed E-state index contributed by atoms with van der Waals surface area (Å²) in [6.45, 7) is 9.14. The Morgan fingerprint density at radius 3 is 1.54 bits per heavy atom. The third-order valence-electron chi connectivity index (χ3n) is 1.61. The predicted molar refractivity (Wildman–Crippen MR) is 72.5 cm³/mol. The molecule has 2 atom stereocenters. The van der Waals surface area contributed by atoms with Crippen LogP contribution in [-0.2, 0) is 0 Å². The summed E-state index contributed by atoms with van der Waals surface area (Å²) in [6.07, 6.45) is 0. The molecular formula is C10H22S3.